The Labute approximate surface area is 142 Å². The SMILES string of the molecule is COC(=O)COc1ccc(C=NNc2nc3ccccc3s2)cc1. The quantitative estimate of drug-likeness (QED) is 0.423. The average molecular weight is 341 g/mol. The second-order valence-corrected chi connectivity index (χ2v) is 5.82. The van der Waals surface area contributed by atoms with Gasteiger partial charge in [-0.05, 0) is 42.0 Å². The van der Waals surface area contributed by atoms with Crippen molar-refractivity contribution in [2.24, 2.45) is 5.10 Å². The predicted octanol–water partition coefficient (Wildman–Crippen LogP) is 3.29. The Morgan fingerprint density at radius 2 is 2.04 bits per heavy atom. The molecule has 24 heavy (non-hydrogen) atoms. The maximum Gasteiger partial charge on any atom is 0.343 e. The standard InChI is InChI=1S/C17H15N3O3S/c1-22-16(21)11-23-13-8-6-12(7-9-13)10-18-20-17-19-14-4-2-3-5-15(14)24-17/h2-10H,11H2,1H3,(H,19,20). The van der Waals surface area contributed by atoms with E-state index in [4.69, 9.17) is 4.74 Å². The number of nitrogens with zero attached hydrogens (tertiary/aromatic N) is 2. The van der Waals surface area contributed by atoms with Crippen LogP contribution in [0, 0.1) is 0 Å². The highest BCUT2D eigenvalue weighted by Crippen LogP contribution is 2.25. The fourth-order valence-corrected chi connectivity index (χ4v) is 2.75. The van der Waals surface area contributed by atoms with E-state index in [9.17, 15) is 4.79 Å². The summed E-state index contributed by atoms with van der Waals surface area (Å²) in [6.45, 7) is -0.108. The normalized spacial score (nSPS) is 10.9. The number of para-hydroxylation sites is 1. The summed E-state index contributed by atoms with van der Waals surface area (Å²) in [5.74, 6) is 0.178. The molecule has 0 fully saturated rings. The van der Waals surface area contributed by atoms with Gasteiger partial charge in [-0.2, -0.15) is 5.10 Å². The summed E-state index contributed by atoms with van der Waals surface area (Å²) in [7, 11) is 1.32. The summed E-state index contributed by atoms with van der Waals surface area (Å²) in [5.41, 5.74) is 4.78. The summed E-state index contributed by atoms with van der Waals surface area (Å²) in [6.07, 6.45) is 1.69. The summed E-state index contributed by atoms with van der Waals surface area (Å²) in [4.78, 5) is 15.4. The van der Waals surface area contributed by atoms with Crippen LogP contribution in [-0.4, -0.2) is 30.9 Å². The molecule has 6 nitrogen and oxygen atoms in total. The average Bonchev–Trinajstić information content (AvgIpc) is 3.03. The number of carbonyl (C=O) groups is 1. The van der Waals surface area contributed by atoms with Crippen molar-refractivity contribution < 1.29 is 14.3 Å². The Balaban J connectivity index is 1.57. The lowest BCUT2D eigenvalue weighted by atomic mass is 10.2. The number of hydrazone groups is 1. The van der Waals surface area contributed by atoms with E-state index in [2.05, 4.69) is 20.2 Å². The zero-order valence-electron chi connectivity index (χ0n) is 12.9. The van der Waals surface area contributed by atoms with Crippen molar-refractivity contribution in [3.05, 3.63) is 54.1 Å². The van der Waals surface area contributed by atoms with Crippen LogP contribution in [0.4, 0.5) is 5.13 Å². The Morgan fingerprint density at radius 1 is 1.25 bits per heavy atom. The van der Waals surface area contributed by atoms with Crippen LogP contribution in [0.25, 0.3) is 10.2 Å². The molecule has 1 N–H and O–H groups in total. The maximum absolute atomic E-state index is 11.0. The molecule has 3 aromatic rings. The number of esters is 1. The largest absolute Gasteiger partial charge is 0.482 e. The highest BCUT2D eigenvalue weighted by atomic mass is 32.1. The number of methoxy groups -OCH3 is 1. The molecule has 3 rings (SSSR count). The zero-order chi connectivity index (χ0) is 16.8. The van der Waals surface area contributed by atoms with E-state index in [1.807, 2.05) is 36.4 Å². The summed E-state index contributed by atoms with van der Waals surface area (Å²) < 4.78 is 10.9. The predicted molar refractivity (Wildman–Crippen MR) is 94.8 cm³/mol. The first-order chi connectivity index (χ1) is 11.7. The van der Waals surface area contributed by atoms with Gasteiger partial charge in [0.15, 0.2) is 6.61 Å². The number of thiazole rings is 1. The highest BCUT2D eigenvalue weighted by Gasteiger charge is 2.02. The maximum atomic E-state index is 11.0. The van der Waals surface area contributed by atoms with E-state index in [0.29, 0.717) is 5.75 Å². The van der Waals surface area contributed by atoms with Crippen molar-refractivity contribution in [3.8, 4) is 5.75 Å². The molecule has 0 spiro atoms. The van der Waals surface area contributed by atoms with Crippen LogP contribution in [-0.2, 0) is 9.53 Å². The molecule has 0 aliphatic heterocycles. The third-order valence-electron chi connectivity index (χ3n) is 3.13. The molecule has 0 unspecified atom stereocenters. The molecule has 7 heteroatoms. The van der Waals surface area contributed by atoms with Crippen molar-refractivity contribution in [2.75, 3.05) is 19.1 Å². The fraction of sp³-hybridized carbons (Fsp3) is 0.118. The highest BCUT2D eigenvalue weighted by molar-refractivity contribution is 7.22. The van der Waals surface area contributed by atoms with E-state index >= 15 is 0 Å². The molecule has 1 heterocycles. The molecule has 0 atom stereocenters. The Hall–Kier alpha value is -2.93. The number of carbonyl (C=O) groups excluding carboxylic acids is 1. The topological polar surface area (TPSA) is 72.8 Å². The number of rotatable bonds is 6. The number of benzene rings is 2. The monoisotopic (exact) mass is 341 g/mol. The van der Waals surface area contributed by atoms with Crippen LogP contribution in [0.15, 0.2) is 53.6 Å². The minimum absolute atomic E-state index is 0.108. The third-order valence-corrected chi connectivity index (χ3v) is 4.07. The number of nitrogens with one attached hydrogen (secondary N) is 1. The van der Waals surface area contributed by atoms with Crippen molar-refractivity contribution >= 4 is 38.9 Å². The van der Waals surface area contributed by atoms with Gasteiger partial charge in [0.2, 0.25) is 5.13 Å². The number of aromatic nitrogens is 1. The lowest BCUT2D eigenvalue weighted by Crippen LogP contribution is -2.12. The molecule has 1 aromatic heterocycles. The zero-order valence-corrected chi connectivity index (χ0v) is 13.7. The van der Waals surface area contributed by atoms with Crippen molar-refractivity contribution in [2.45, 2.75) is 0 Å². The molecule has 0 amide bonds. The van der Waals surface area contributed by atoms with Gasteiger partial charge in [-0.15, -0.1) is 0 Å². The van der Waals surface area contributed by atoms with Gasteiger partial charge in [-0.3, -0.25) is 5.43 Å². The number of anilines is 1. The molecule has 0 bridgehead atoms. The van der Waals surface area contributed by atoms with E-state index in [1.54, 1.807) is 29.7 Å². The molecule has 0 aliphatic rings. The Morgan fingerprint density at radius 3 is 2.79 bits per heavy atom. The third kappa shape index (κ3) is 4.08. The molecule has 122 valence electrons. The molecular weight excluding hydrogens is 326 g/mol. The van der Waals surface area contributed by atoms with Gasteiger partial charge in [-0.25, -0.2) is 9.78 Å². The minimum Gasteiger partial charge on any atom is -0.482 e. The summed E-state index contributed by atoms with van der Waals surface area (Å²) in [5, 5.41) is 4.92. The first kappa shape index (κ1) is 15.9. The van der Waals surface area contributed by atoms with Crippen LogP contribution in [0.3, 0.4) is 0 Å². The van der Waals surface area contributed by atoms with Crippen LogP contribution in [0.2, 0.25) is 0 Å². The van der Waals surface area contributed by atoms with Gasteiger partial charge in [-0.1, -0.05) is 23.5 Å². The van der Waals surface area contributed by atoms with Crippen LogP contribution < -0.4 is 10.2 Å². The van der Waals surface area contributed by atoms with Crippen LogP contribution in [0.5, 0.6) is 5.75 Å². The van der Waals surface area contributed by atoms with E-state index in [-0.39, 0.29) is 6.61 Å². The smallest absolute Gasteiger partial charge is 0.343 e. The van der Waals surface area contributed by atoms with Crippen molar-refractivity contribution in [1.82, 2.24) is 4.98 Å². The Kier molecular flexibility index (Phi) is 5.02. The molecule has 0 saturated heterocycles. The van der Waals surface area contributed by atoms with Gasteiger partial charge < -0.3 is 9.47 Å². The summed E-state index contributed by atoms with van der Waals surface area (Å²) in [6, 6.07) is 15.1. The van der Waals surface area contributed by atoms with Crippen molar-refractivity contribution in [3.63, 3.8) is 0 Å². The van der Waals surface area contributed by atoms with E-state index in [1.165, 1.54) is 7.11 Å². The van der Waals surface area contributed by atoms with Crippen LogP contribution >= 0.6 is 11.3 Å². The van der Waals surface area contributed by atoms with E-state index < -0.39 is 5.97 Å². The number of fused-ring (bicyclic) bond motifs is 1. The van der Waals surface area contributed by atoms with E-state index in [0.717, 1.165) is 20.9 Å². The Bertz CT molecular complexity index is 826. The molecule has 2 aromatic carbocycles. The first-order valence-electron chi connectivity index (χ1n) is 7.19. The summed E-state index contributed by atoms with van der Waals surface area (Å²) >= 11 is 1.55. The van der Waals surface area contributed by atoms with Crippen molar-refractivity contribution in [1.29, 1.82) is 0 Å². The second-order valence-electron chi connectivity index (χ2n) is 4.79. The first-order valence-corrected chi connectivity index (χ1v) is 8.00. The lowest BCUT2D eigenvalue weighted by Gasteiger charge is -2.04. The van der Waals surface area contributed by atoms with Gasteiger partial charge in [0.25, 0.3) is 0 Å². The number of hydrogen-bond acceptors (Lipinski definition) is 7. The van der Waals surface area contributed by atoms with Gasteiger partial charge in [0.05, 0.1) is 23.5 Å². The molecular formula is C17H15N3O3S. The fourth-order valence-electron chi connectivity index (χ4n) is 1.93. The number of ether oxygens (including phenoxy) is 2. The van der Waals surface area contributed by atoms with Gasteiger partial charge in [0.1, 0.15) is 5.75 Å². The second kappa shape index (κ2) is 7.56. The molecule has 0 aliphatic carbocycles. The number of hydrogen-bond donors (Lipinski definition) is 1. The lowest BCUT2D eigenvalue weighted by molar-refractivity contribution is -0.142. The van der Waals surface area contributed by atoms with Gasteiger partial charge in [0, 0.05) is 0 Å². The molecule has 0 saturated carbocycles. The van der Waals surface area contributed by atoms with Gasteiger partial charge >= 0.3 is 5.97 Å². The van der Waals surface area contributed by atoms with Crippen LogP contribution in [0.1, 0.15) is 5.56 Å². The molecule has 0 radical (unpaired) electrons. The minimum atomic E-state index is -0.416.